The minimum absolute atomic E-state index is 0.537. The van der Waals surface area contributed by atoms with E-state index >= 15 is 0 Å². The molecule has 0 atom stereocenters. The van der Waals surface area contributed by atoms with E-state index in [-0.39, 0.29) is 0 Å². The molecule has 1 aliphatic rings. The maximum atomic E-state index is 5.78. The van der Waals surface area contributed by atoms with Crippen molar-refractivity contribution in [3.05, 3.63) is 36.4 Å². The zero-order valence-corrected chi connectivity index (χ0v) is 10.6. The van der Waals surface area contributed by atoms with Crippen LogP contribution >= 0.6 is 0 Å². The van der Waals surface area contributed by atoms with Gasteiger partial charge in [-0.1, -0.05) is 6.07 Å². The van der Waals surface area contributed by atoms with Crippen molar-refractivity contribution in [2.75, 3.05) is 18.9 Å². The molecule has 2 aromatic carbocycles. The van der Waals surface area contributed by atoms with Gasteiger partial charge in [0.25, 0.3) is 0 Å². The van der Waals surface area contributed by atoms with Gasteiger partial charge in [-0.2, -0.15) is 0 Å². The predicted molar refractivity (Wildman–Crippen MR) is 74.8 cm³/mol. The highest BCUT2D eigenvalue weighted by Crippen LogP contribution is 2.36. The SMILES string of the molecule is Nc1cccc(-c2nc3cc4c(cc3o2)OCCO4)c1. The second-order valence-corrected chi connectivity index (χ2v) is 4.61. The molecule has 2 N–H and O–H groups in total. The number of fused-ring (bicyclic) bond motifs is 2. The lowest BCUT2D eigenvalue weighted by Gasteiger charge is -2.17. The summed E-state index contributed by atoms with van der Waals surface area (Å²) in [6.07, 6.45) is 0. The van der Waals surface area contributed by atoms with Crippen LogP contribution in [0, 0.1) is 0 Å². The molecule has 1 aromatic heterocycles. The first-order valence-corrected chi connectivity index (χ1v) is 6.36. The number of hydrogen-bond donors (Lipinski definition) is 1. The molecule has 0 unspecified atom stereocenters. The molecule has 5 nitrogen and oxygen atoms in total. The van der Waals surface area contributed by atoms with E-state index in [1.165, 1.54) is 0 Å². The molecule has 0 amide bonds. The van der Waals surface area contributed by atoms with Crippen molar-refractivity contribution < 1.29 is 13.9 Å². The van der Waals surface area contributed by atoms with Crippen LogP contribution in [0.3, 0.4) is 0 Å². The Morgan fingerprint density at radius 2 is 1.80 bits per heavy atom. The quantitative estimate of drug-likeness (QED) is 0.687. The number of benzene rings is 2. The third-order valence-electron chi connectivity index (χ3n) is 3.19. The van der Waals surface area contributed by atoms with Crippen molar-refractivity contribution in [1.82, 2.24) is 4.98 Å². The summed E-state index contributed by atoms with van der Waals surface area (Å²) in [5, 5.41) is 0. The van der Waals surface area contributed by atoms with Gasteiger partial charge in [0, 0.05) is 23.4 Å². The van der Waals surface area contributed by atoms with E-state index in [1.54, 1.807) is 0 Å². The second-order valence-electron chi connectivity index (χ2n) is 4.61. The zero-order valence-electron chi connectivity index (χ0n) is 10.6. The smallest absolute Gasteiger partial charge is 0.227 e. The van der Waals surface area contributed by atoms with Gasteiger partial charge in [0.2, 0.25) is 5.89 Å². The fourth-order valence-electron chi connectivity index (χ4n) is 2.26. The molecule has 0 radical (unpaired) electrons. The number of aromatic nitrogens is 1. The van der Waals surface area contributed by atoms with Crippen molar-refractivity contribution in [1.29, 1.82) is 0 Å². The van der Waals surface area contributed by atoms with Gasteiger partial charge < -0.3 is 19.6 Å². The lowest BCUT2D eigenvalue weighted by molar-refractivity contribution is 0.172. The Morgan fingerprint density at radius 3 is 2.60 bits per heavy atom. The molecular formula is C15H12N2O3. The Morgan fingerprint density at radius 1 is 1.00 bits per heavy atom. The Kier molecular flexibility index (Phi) is 2.32. The fraction of sp³-hybridized carbons (Fsp3) is 0.133. The first-order chi connectivity index (χ1) is 9.79. The summed E-state index contributed by atoms with van der Waals surface area (Å²) in [6.45, 7) is 1.10. The number of ether oxygens (including phenoxy) is 2. The van der Waals surface area contributed by atoms with Gasteiger partial charge in [-0.15, -0.1) is 0 Å². The lowest BCUT2D eigenvalue weighted by atomic mass is 10.2. The molecule has 0 saturated heterocycles. The molecule has 2 heterocycles. The van der Waals surface area contributed by atoms with E-state index in [0.29, 0.717) is 41.9 Å². The molecule has 0 spiro atoms. The molecule has 0 saturated carbocycles. The number of anilines is 1. The predicted octanol–water partition coefficient (Wildman–Crippen LogP) is 2.85. The van der Waals surface area contributed by atoms with E-state index < -0.39 is 0 Å². The lowest BCUT2D eigenvalue weighted by Crippen LogP contribution is -2.15. The molecule has 4 rings (SSSR count). The molecule has 100 valence electrons. The zero-order chi connectivity index (χ0) is 13.5. The van der Waals surface area contributed by atoms with Crippen LogP contribution in [0.1, 0.15) is 0 Å². The van der Waals surface area contributed by atoms with Crippen molar-refractivity contribution >= 4 is 16.8 Å². The maximum Gasteiger partial charge on any atom is 0.227 e. The molecule has 0 aliphatic carbocycles. The van der Waals surface area contributed by atoms with Crippen molar-refractivity contribution in [2.24, 2.45) is 0 Å². The minimum Gasteiger partial charge on any atom is -0.486 e. The molecule has 0 bridgehead atoms. The molecular weight excluding hydrogens is 256 g/mol. The van der Waals surface area contributed by atoms with Gasteiger partial charge in [0.05, 0.1) is 0 Å². The largest absolute Gasteiger partial charge is 0.486 e. The Balaban J connectivity index is 1.86. The molecule has 0 fully saturated rings. The van der Waals surface area contributed by atoms with Crippen LogP contribution in [-0.4, -0.2) is 18.2 Å². The Bertz CT molecular complexity index is 752. The van der Waals surface area contributed by atoms with E-state index in [2.05, 4.69) is 4.98 Å². The summed E-state index contributed by atoms with van der Waals surface area (Å²) >= 11 is 0. The van der Waals surface area contributed by atoms with Gasteiger partial charge in [-0.3, -0.25) is 0 Å². The van der Waals surface area contributed by atoms with Gasteiger partial charge in [-0.25, -0.2) is 4.98 Å². The van der Waals surface area contributed by atoms with Crippen molar-refractivity contribution in [3.63, 3.8) is 0 Å². The number of nitrogens with zero attached hydrogens (tertiary/aromatic N) is 1. The summed E-state index contributed by atoms with van der Waals surface area (Å²) in [6, 6.07) is 11.1. The van der Waals surface area contributed by atoms with Crippen molar-refractivity contribution in [2.45, 2.75) is 0 Å². The van der Waals surface area contributed by atoms with Crippen LogP contribution in [0.5, 0.6) is 11.5 Å². The summed E-state index contributed by atoms with van der Waals surface area (Å²) in [5.74, 6) is 1.94. The van der Waals surface area contributed by atoms with E-state index in [1.807, 2.05) is 36.4 Å². The standard InChI is InChI=1S/C15H12N2O3/c16-10-3-1-2-9(6-10)15-17-11-7-13-14(8-12(11)20-15)19-5-4-18-13/h1-3,6-8H,4-5,16H2. The number of nitrogen functional groups attached to an aromatic ring is 1. The van der Waals surface area contributed by atoms with Gasteiger partial charge in [0.15, 0.2) is 17.1 Å². The highest BCUT2D eigenvalue weighted by atomic mass is 16.6. The molecule has 1 aliphatic heterocycles. The maximum absolute atomic E-state index is 5.78. The van der Waals surface area contributed by atoms with Crippen LogP contribution in [0.4, 0.5) is 5.69 Å². The second kappa shape index (κ2) is 4.16. The summed E-state index contributed by atoms with van der Waals surface area (Å²) < 4.78 is 16.8. The fourth-order valence-corrected chi connectivity index (χ4v) is 2.26. The average Bonchev–Trinajstić information content (AvgIpc) is 2.87. The highest BCUT2D eigenvalue weighted by Gasteiger charge is 2.16. The number of rotatable bonds is 1. The molecule has 5 heteroatoms. The van der Waals surface area contributed by atoms with Crippen LogP contribution in [0.25, 0.3) is 22.6 Å². The van der Waals surface area contributed by atoms with Gasteiger partial charge in [0.1, 0.15) is 18.7 Å². The van der Waals surface area contributed by atoms with Gasteiger partial charge >= 0.3 is 0 Å². The monoisotopic (exact) mass is 268 g/mol. The van der Waals surface area contributed by atoms with Crippen LogP contribution in [0.2, 0.25) is 0 Å². The normalized spacial score (nSPS) is 13.6. The first kappa shape index (κ1) is 11.2. The van der Waals surface area contributed by atoms with Crippen LogP contribution in [0.15, 0.2) is 40.8 Å². The topological polar surface area (TPSA) is 70.5 Å². The first-order valence-electron chi connectivity index (χ1n) is 6.36. The Labute approximate surface area is 114 Å². The highest BCUT2D eigenvalue weighted by molar-refractivity contribution is 5.80. The van der Waals surface area contributed by atoms with E-state index in [9.17, 15) is 0 Å². The van der Waals surface area contributed by atoms with E-state index in [0.717, 1.165) is 11.1 Å². The molecule has 20 heavy (non-hydrogen) atoms. The minimum atomic E-state index is 0.537. The third kappa shape index (κ3) is 1.75. The van der Waals surface area contributed by atoms with Crippen LogP contribution in [-0.2, 0) is 0 Å². The summed E-state index contributed by atoms with van der Waals surface area (Å²) in [7, 11) is 0. The molecule has 3 aromatic rings. The van der Waals surface area contributed by atoms with Crippen LogP contribution < -0.4 is 15.2 Å². The third-order valence-corrected chi connectivity index (χ3v) is 3.19. The number of nitrogens with two attached hydrogens (primary N) is 1. The summed E-state index contributed by atoms with van der Waals surface area (Å²) in [4.78, 5) is 4.47. The average molecular weight is 268 g/mol. The van der Waals surface area contributed by atoms with Gasteiger partial charge in [-0.05, 0) is 18.2 Å². The van der Waals surface area contributed by atoms with E-state index in [4.69, 9.17) is 19.6 Å². The Hall–Kier alpha value is -2.69. The number of hydrogen-bond acceptors (Lipinski definition) is 5. The summed E-state index contributed by atoms with van der Waals surface area (Å²) in [5.41, 5.74) is 8.72. The van der Waals surface area contributed by atoms with Crippen molar-refractivity contribution in [3.8, 4) is 23.0 Å². The number of oxazole rings is 1.